The number of carbonyl (C=O) groups is 2. The summed E-state index contributed by atoms with van der Waals surface area (Å²) in [6.45, 7) is 0. The molecule has 4 aromatic rings. The average molecular weight is 362 g/mol. The van der Waals surface area contributed by atoms with Crippen LogP contribution in [0, 0.1) is 0 Å². The smallest absolute Gasteiger partial charge is 0.291 e. The predicted octanol–water partition coefficient (Wildman–Crippen LogP) is 5.00. The zero-order valence-corrected chi connectivity index (χ0v) is 14.4. The maximum atomic E-state index is 12.5. The van der Waals surface area contributed by atoms with Crippen molar-refractivity contribution in [2.75, 3.05) is 10.6 Å². The highest BCUT2D eigenvalue weighted by Crippen LogP contribution is 2.24. The van der Waals surface area contributed by atoms with E-state index in [2.05, 4.69) is 10.6 Å². The minimum Gasteiger partial charge on any atom is -0.451 e. The largest absolute Gasteiger partial charge is 0.451 e. The number of amides is 2. The van der Waals surface area contributed by atoms with Gasteiger partial charge in [-0.1, -0.05) is 30.3 Å². The monoisotopic (exact) mass is 362 g/mol. The summed E-state index contributed by atoms with van der Waals surface area (Å²) in [5.41, 5.74) is 2.25. The van der Waals surface area contributed by atoms with Gasteiger partial charge in [0.25, 0.3) is 11.8 Å². The molecule has 0 radical (unpaired) electrons. The Kier molecular flexibility index (Phi) is 4.25. The van der Waals surface area contributed by atoms with Crippen LogP contribution in [-0.4, -0.2) is 11.8 Å². The lowest BCUT2D eigenvalue weighted by Crippen LogP contribution is -2.16. The number of rotatable bonds is 4. The van der Waals surface area contributed by atoms with Crippen LogP contribution in [0.15, 0.2) is 75.8 Å². The van der Waals surface area contributed by atoms with Crippen molar-refractivity contribution in [3.05, 3.63) is 82.7 Å². The first kappa shape index (κ1) is 16.1. The molecule has 0 fully saturated rings. The lowest BCUT2D eigenvalue weighted by atomic mass is 10.2. The van der Waals surface area contributed by atoms with Crippen LogP contribution >= 0.6 is 11.3 Å². The molecular weight excluding hydrogens is 348 g/mol. The molecule has 0 atom stereocenters. The van der Waals surface area contributed by atoms with Gasteiger partial charge in [0.05, 0.1) is 16.9 Å². The van der Waals surface area contributed by atoms with Gasteiger partial charge in [-0.25, -0.2) is 0 Å². The van der Waals surface area contributed by atoms with E-state index < -0.39 is 0 Å². The number of fused-ring (bicyclic) bond motifs is 1. The van der Waals surface area contributed by atoms with Crippen LogP contribution < -0.4 is 10.6 Å². The summed E-state index contributed by atoms with van der Waals surface area (Å²) in [7, 11) is 0. The van der Waals surface area contributed by atoms with Gasteiger partial charge in [0.15, 0.2) is 5.76 Å². The molecule has 2 aromatic heterocycles. The molecule has 2 amide bonds. The van der Waals surface area contributed by atoms with Gasteiger partial charge >= 0.3 is 0 Å². The quantitative estimate of drug-likeness (QED) is 0.537. The Balaban J connectivity index is 1.56. The van der Waals surface area contributed by atoms with E-state index in [1.54, 1.807) is 47.8 Å². The van der Waals surface area contributed by atoms with Crippen LogP contribution in [0.1, 0.15) is 20.9 Å². The zero-order valence-electron chi connectivity index (χ0n) is 13.6. The Morgan fingerprint density at radius 3 is 2.23 bits per heavy atom. The standard InChI is InChI=1S/C20H14N2O3S/c23-19(14-9-10-26-12-14)21-15-6-2-3-7-16(15)22-20(24)18-11-13-5-1-4-8-17(13)25-18/h1-12H,(H,21,23)(H,22,24). The first-order chi connectivity index (χ1) is 12.7. The highest BCUT2D eigenvalue weighted by molar-refractivity contribution is 7.08. The molecule has 26 heavy (non-hydrogen) atoms. The molecule has 0 aliphatic heterocycles. The Hall–Kier alpha value is -3.38. The van der Waals surface area contributed by atoms with E-state index in [-0.39, 0.29) is 17.6 Å². The maximum Gasteiger partial charge on any atom is 0.291 e. The van der Waals surface area contributed by atoms with Crippen molar-refractivity contribution in [2.45, 2.75) is 0 Å². The third-order valence-electron chi connectivity index (χ3n) is 3.86. The molecule has 2 aromatic carbocycles. The van der Waals surface area contributed by atoms with Gasteiger partial charge in [-0.3, -0.25) is 9.59 Å². The van der Waals surface area contributed by atoms with Crippen LogP contribution in [0.4, 0.5) is 11.4 Å². The normalized spacial score (nSPS) is 10.6. The van der Waals surface area contributed by atoms with E-state index in [1.165, 1.54) is 11.3 Å². The molecule has 5 nitrogen and oxygen atoms in total. The van der Waals surface area contributed by atoms with E-state index in [4.69, 9.17) is 4.42 Å². The van der Waals surface area contributed by atoms with Crippen LogP contribution in [0.2, 0.25) is 0 Å². The fraction of sp³-hybridized carbons (Fsp3) is 0. The molecular formula is C20H14N2O3S. The van der Waals surface area contributed by atoms with E-state index >= 15 is 0 Å². The van der Waals surface area contributed by atoms with Crippen molar-refractivity contribution < 1.29 is 14.0 Å². The van der Waals surface area contributed by atoms with Crippen molar-refractivity contribution in [3.63, 3.8) is 0 Å². The molecule has 128 valence electrons. The van der Waals surface area contributed by atoms with Crippen LogP contribution in [-0.2, 0) is 0 Å². The van der Waals surface area contributed by atoms with Crippen molar-refractivity contribution in [3.8, 4) is 0 Å². The number of anilines is 2. The SMILES string of the molecule is O=C(Nc1ccccc1NC(=O)c1cc2ccccc2o1)c1ccsc1. The second-order valence-electron chi connectivity index (χ2n) is 5.61. The lowest BCUT2D eigenvalue weighted by molar-refractivity contribution is 0.0995. The minimum atomic E-state index is -0.376. The van der Waals surface area contributed by atoms with E-state index in [0.717, 1.165) is 5.39 Å². The second kappa shape index (κ2) is 6.85. The summed E-state index contributed by atoms with van der Waals surface area (Å²) < 4.78 is 5.58. The average Bonchev–Trinajstić information content (AvgIpc) is 3.33. The van der Waals surface area contributed by atoms with Gasteiger partial charge in [0.2, 0.25) is 0 Å². The maximum absolute atomic E-state index is 12.5. The topological polar surface area (TPSA) is 71.3 Å². The third kappa shape index (κ3) is 3.22. The third-order valence-corrected chi connectivity index (χ3v) is 4.54. The van der Waals surface area contributed by atoms with E-state index in [1.807, 2.05) is 23.6 Å². The van der Waals surface area contributed by atoms with Gasteiger partial charge in [-0.05, 0) is 35.7 Å². The van der Waals surface area contributed by atoms with Gasteiger partial charge in [-0.2, -0.15) is 11.3 Å². The molecule has 0 aliphatic rings. The Bertz CT molecular complexity index is 1050. The molecule has 2 N–H and O–H groups in total. The molecule has 0 aliphatic carbocycles. The van der Waals surface area contributed by atoms with Gasteiger partial charge in [0.1, 0.15) is 5.58 Å². The molecule has 0 bridgehead atoms. The number of nitrogens with one attached hydrogen (secondary N) is 2. The minimum absolute atomic E-state index is 0.213. The summed E-state index contributed by atoms with van der Waals surface area (Å²) >= 11 is 1.45. The predicted molar refractivity (Wildman–Crippen MR) is 103 cm³/mol. The number of hydrogen-bond donors (Lipinski definition) is 2. The van der Waals surface area contributed by atoms with E-state index in [0.29, 0.717) is 22.5 Å². The highest BCUT2D eigenvalue weighted by Gasteiger charge is 2.15. The van der Waals surface area contributed by atoms with Gasteiger partial charge in [-0.15, -0.1) is 0 Å². The number of carbonyl (C=O) groups excluding carboxylic acids is 2. The van der Waals surface area contributed by atoms with Crippen molar-refractivity contribution in [2.24, 2.45) is 0 Å². The molecule has 2 heterocycles. The summed E-state index contributed by atoms with van der Waals surface area (Å²) in [5, 5.41) is 10.1. The van der Waals surface area contributed by atoms with Gasteiger partial charge in [0, 0.05) is 10.8 Å². The summed E-state index contributed by atoms with van der Waals surface area (Å²) in [6, 6.07) is 17.9. The number of hydrogen-bond acceptors (Lipinski definition) is 4. The molecule has 0 spiro atoms. The molecule has 4 rings (SSSR count). The first-order valence-electron chi connectivity index (χ1n) is 7.93. The summed E-state index contributed by atoms with van der Waals surface area (Å²) in [6.07, 6.45) is 0. The molecule has 0 unspecified atom stereocenters. The summed E-state index contributed by atoms with van der Waals surface area (Å²) in [4.78, 5) is 24.8. The fourth-order valence-electron chi connectivity index (χ4n) is 2.57. The fourth-order valence-corrected chi connectivity index (χ4v) is 3.20. The number of furan rings is 1. The van der Waals surface area contributed by atoms with Crippen molar-refractivity contribution in [1.29, 1.82) is 0 Å². The Morgan fingerprint density at radius 2 is 1.54 bits per heavy atom. The zero-order chi connectivity index (χ0) is 17.9. The number of thiophene rings is 1. The molecule has 0 saturated heterocycles. The van der Waals surface area contributed by atoms with Crippen LogP contribution in [0.5, 0.6) is 0 Å². The van der Waals surface area contributed by atoms with Crippen LogP contribution in [0.3, 0.4) is 0 Å². The Morgan fingerprint density at radius 1 is 0.846 bits per heavy atom. The van der Waals surface area contributed by atoms with Crippen molar-refractivity contribution >= 4 is 45.5 Å². The lowest BCUT2D eigenvalue weighted by Gasteiger charge is -2.11. The second-order valence-corrected chi connectivity index (χ2v) is 6.39. The summed E-state index contributed by atoms with van der Waals surface area (Å²) in [5.74, 6) is -0.389. The Labute approximate surface area is 153 Å². The molecule has 6 heteroatoms. The van der Waals surface area contributed by atoms with Crippen molar-refractivity contribution in [1.82, 2.24) is 0 Å². The first-order valence-corrected chi connectivity index (χ1v) is 8.87. The number of benzene rings is 2. The number of para-hydroxylation sites is 3. The highest BCUT2D eigenvalue weighted by atomic mass is 32.1. The van der Waals surface area contributed by atoms with E-state index in [9.17, 15) is 9.59 Å². The van der Waals surface area contributed by atoms with Gasteiger partial charge < -0.3 is 15.1 Å². The van der Waals surface area contributed by atoms with Crippen LogP contribution in [0.25, 0.3) is 11.0 Å². The molecule has 0 saturated carbocycles.